The van der Waals surface area contributed by atoms with Gasteiger partial charge in [-0.25, -0.2) is 9.78 Å². The highest BCUT2D eigenvalue weighted by Crippen LogP contribution is 1.99. The van der Waals surface area contributed by atoms with Crippen molar-refractivity contribution < 1.29 is 0 Å². The number of nitrogens with one attached hydrogen (secondary N) is 1. The second-order valence-electron chi connectivity index (χ2n) is 5.46. The van der Waals surface area contributed by atoms with Crippen LogP contribution in [0.2, 0.25) is 0 Å². The summed E-state index contributed by atoms with van der Waals surface area (Å²) in [6, 6.07) is 2.24. The molecule has 0 amide bonds. The van der Waals surface area contributed by atoms with Gasteiger partial charge in [-0.2, -0.15) is 4.98 Å². The molecule has 6 nitrogen and oxygen atoms in total. The molecule has 0 bridgehead atoms. The summed E-state index contributed by atoms with van der Waals surface area (Å²) in [5.74, 6) is 1.01. The highest BCUT2D eigenvalue weighted by atomic mass is 16.1. The van der Waals surface area contributed by atoms with Gasteiger partial charge in [-0.05, 0) is 33.8 Å². The Morgan fingerprint density at radius 3 is 2.71 bits per heavy atom. The summed E-state index contributed by atoms with van der Waals surface area (Å²) in [7, 11) is 0. The number of aromatic nitrogens is 4. The zero-order valence-corrected chi connectivity index (χ0v) is 13.1. The Kier molecular flexibility index (Phi) is 4.90. The fourth-order valence-corrected chi connectivity index (χ4v) is 2.43. The zero-order valence-electron chi connectivity index (χ0n) is 13.1. The van der Waals surface area contributed by atoms with Crippen molar-refractivity contribution in [3.05, 3.63) is 46.2 Å². The van der Waals surface area contributed by atoms with E-state index in [9.17, 15) is 4.79 Å². The molecular formula is C15H23N5O. The van der Waals surface area contributed by atoms with E-state index in [0.29, 0.717) is 12.6 Å². The van der Waals surface area contributed by atoms with Crippen LogP contribution in [0.3, 0.4) is 0 Å². The molecule has 0 saturated heterocycles. The molecule has 2 aromatic rings. The molecule has 1 atom stereocenters. The van der Waals surface area contributed by atoms with E-state index >= 15 is 0 Å². The van der Waals surface area contributed by atoms with Gasteiger partial charge in [0.2, 0.25) is 0 Å². The van der Waals surface area contributed by atoms with Crippen LogP contribution in [0, 0.1) is 20.8 Å². The van der Waals surface area contributed by atoms with Crippen molar-refractivity contribution in [1.82, 2.24) is 24.4 Å². The van der Waals surface area contributed by atoms with Crippen LogP contribution in [-0.4, -0.2) is 31.7 Å². The molecule has 114 valence electrons. The number of rotatable bonds is 6. The van der Waals surface area contributed by atoms with Gasteiger partial charge < -0.3 is 9.88 Å². The summed E-state index contributed by atoms with van der Waals surface area (Å²) < 4.78 is 3.82. The Morgan fingerprint density at radius 2 is 2.10 bits per heavy atom. The Hall–Kier alpha value is -1.95. The minimum absolute atomic E-state index is 0.174. The molecule has 0 fully saturated rings. The highest BCUT2D eigenvalue weighted by Gasteiger charge is 2.06. The number of nitrogens with zero attached hydrogens (tertiary/aromatic N) is 4. The minimum Gasteiger partial charge on any atom is -0.334 e. The van der Waals surface area contributed by atoms with E-state index in [1.54, 1.807) is 4.57 Å². The van der Waals surface area contributed by atoms with Gasteiger partial charge in [-0.1, -0.05) is 0 Å². The van der Waals surface area contributed by atoms with Crippen LogP contribution >= 0.6 is 0 Å². The molecule has 2 rings (SSSR count). The van der Waals surface area contributed by atoms with Crippen LogP contribution in [0.4, 0.5) is 0 Å². The van der Waals surface area contributed by atoms with Crippen molar-refractivity contribution in [3.63, 3.8) is 0 Å². The van der Waals surface area contributed by atoms with Gasteiger partial charge in [-0.15, -0.1) is 0 Å². The Morgan fingerprint density at radius 1 is 1.33 bits per heavy atom. The van der Waals surface area contributed by atoms with Crippen LogP contribution in [-0.2, 0) is 13.1 Å². The zero-order chi connectivity index (χ0) is 15.4. The summed E-state index contributed by atoms with van der Waals surface area (Å²) >= 11 is 0. The highest BCUT2D eigenvalue weighted by molar-refractivity contribution is 5.06. The van der Waals surface area contributed by atoms with Crippen LogP contribution in [0.1, 0.15) is 24.1 Å². The van der Waals surface area contributed by atoms with E-state index in [4.69, 9.17) is 0 Å². The van der Waals surface area contributed by atoms with Crippen molar-refractivity contribution in [2.24, 2.45) is 0 Å². The maximum atomic E-state index is 11.8. The predicted molar refractivity (Wildman–Crippen MR) is 82.4 cm³/mol. The lowest BCUT2D eigenvalue weighted by molar-refractivity contribution is 0.450. The summed E-state index contributed by atoms with van der Waals surface area (Å²) in [4.78, 5) is 20.0. The van der Waals surface area contributed by atoms with Crippen LogP contribution in [0.15, 0.2) is 23.3 Å². The molecule has 0 spiro atoms. The maximum absolute atomic E-state index is 11.8. The summed E-state index contributed by atoms with van der Waals surface area (Å²) in [5, 5.41) is 3.43. The monoisotopic (exact) mass is 289 g/mol. The summed E-state index contributed by atoms with van der Waals surface area (Å²) in [5.41, 5.74) is 1.55. The number of imidazole rings is 1. The molecular weight excluding hydrogens is 266 g/mol. The molecule has 1 unspecified atom stereocenters. The van der Waals surface area contributed by atoms with E-state index < -0.39 is 0 Å². The number of hydrogen-bond acceptors (Lipinski definition) is 4. The molecule has 2 aromatic heterocycles. The average Bonchev–Trinajstić information content (AvgIpc) is 2.78. The van der Waals surface area contributed by atoms with Gasteiger partial charge in [0.05, 0.1) is 0 Å². The SMILES string of the molecule is Cc1cc(C)n(CCNC(C)Cn2ccnc2C)c(=O)n1. The lowest BCUT2D eigenvalue weighted by atomic mass is 10.3. The van der Waals surface area contributed by atoms with Crippen molar-refractivity contribution in [3.8, 4) is 0 Å². The Balaban J connectivity index is 1.87. The second kappa shape index (κ2) is 6.67. The quantitative estimate of drug-likeness (QED) is 0.863. The smallest absolute Gasteiger partial charge is 0.334 e. The molecule has 0 radical (unpaired) electrons. The van der Waals surface area contributed by atoms with Crippen molar-refractivity contribution in [2.45, 2.75) is 46.8 Å². The molecule has 21 heavy (non-hydrogen) atoms. The van der Waals surface area contributed by atoms with Gasteiger partial charge in [0.15, 0.2) is 0 Å². The minimum atomic E-state index is -0.174. The van der Waals surface area contributed by atoms with Gasteiger partial charge >= 0.3 is 5.69 Å². The van der Waals surface area contributed by atoms with Crippen molar-refractivity contribution in [2.75, 3.05) is 6.54 Å². The van der Waals surface area contributed by atoms with Crippen molar-refractivity contribution in [1.29, 1.82) is 0 Å². The third-order valence-corrected chi connectivity index (χ3v) is 3.57. The molecule has 0 aliphatic carbocycles. The first kappa shape index (κ1) is 15.4. The van der Waals surface area contributed by atoms with E-state index in [-0.39, 0.29) is 5.69 Å². The van der Waals surface area contributed by atoms with Gasteiger partial charge in [0.1, 0.15) is 5.82 Å². The topological polar surface area (TPSA) is 64.7 Å². The van der Waals surface area contributed by atoms with Crippen LogP contribution in [0.5, 0.6) is 0 Å². The van der Waals surface area contributed by atoms with E-state index in [2.05, 4.69) is 26.8 Å². The molecule has 0 aliphatic heterocycles. The molecule has 0 aliphatic rings. The molecule has 2 heterocycles. The maximum Gasteiger partial charge on any atom is 0.347 e. The van der Waals surface area contributed by atoms with Gasteiger partial charge in [-0.3, -0.25) is 4.57 Å². The molecule has 0 aromatic carbocycles. The average molecular weight is 289 g/mol. The van der Waals surface area contributed by atoms with E-state index in [1.807, 2.05) is 39.2 Å². The van der Waals surface area contributed by atoms with E-state index in [1.165, 1.54) is 0 Å². The Bertz CT molecular complexity index is 658. The molecule has 6 heteroatoms. The largest absolute Gasteiger partial charge is 0.347 e. The first-order chi connectivity index (χ1) is 9.97. The Labute approximate surface area is 124 Å². The second-order valence-corrected chi connectivity index (χ2v) is 5.46. The summed E-state index contributed by atoms with van der Waals surface area (Å²) in [6.45, 7) is 10.1. The third kappa shape index (κ3) is 4.01. The number of aryl methyl sites for hydroxylation is 3. The lowest BCUT2D eigenvalue weighted by Crippen LogP contribution is -2.36. The van der Waals surface area contributed by atoms with Crippen LogP contribution < -0.4 is 11.0 Å². The predicted octanol–water partition coefficient (Wildman–Crippen LogP) is 1.04. The van der Waals surface area contributed by atoms with Crippen molar-refractivity contribution >= 4 is 0 Å². The molecule has 1 N–H and O–H groups in total. The summed E-state index contributed by atoms with van der Waals surface area (Å²) in [6.07, 6.45) is 3.79. The first-order valence-electron chi connectivity index (χ1n) is 7.23. The number of hydrogen-bond donors (Lipinski definition) is 1. The normalized spacial score (nSPS) is 12.6. The fourth-order valence-electron chi connectivity index (χ4n) is 2.43. The van der Waals surface area contributed by atoms with Crippen LogP contribution in [0.25, 0.3) is 0 Å². The van der Waals surface area contributed by atoms with Gasteiger partial charge in [0, 0.05) is 49.5 Å². The molecule has 0 saturated carbocycles. The standard InChI is InChI=1S/C15H23N5O/c1-11-9-13(3)20(15(21)18-11)8-6-16-12(2)10-19-7-5-17-14(19)4/h5,7,9,12,16H,6,8,10H2,1-4H3. The van der Waals surface area contributed by atoms with Gasteiger partial charge in [0.25, 0.3) is 0 Å². The lowest BCUT2D eigenvalue weighted by Gasteiger charge is -2.16. The third-order valence-electron chi connectivity index (χ3n) is 3.57. The first-order valence-corrected chi connectivity index (χ1v) is 7.23. The van der Waals surface area contributed by atoms with E-state index in [0.717, 1.165) is 30.3 Å². The fraction of sp³-hybridized carbons (Fsp3) is 0.533.